The van der Waals surface area contributed by atoms with E-state index in [1.807, 2.05) is 42.3 Å². The van der Waals surface area contributed by atoms with E-state index in [4.69, 9.17) is 4.98 Å². The van der Waals surface area contributed by atoms with Gasteiger partial charge in [-0.2, -0.15) is 0 Å². The number of hydrogen-bond donors (Lipinski definition) is 1. The summed E-state index contributed by atoms with van der Waals surface area (Å²) in [5.41, 5.74) is 4.80. The first kappa shape index (κ1) is 19.8. The van der Waals surface area contributed by atoms with Crippen molar-refractivity contribution in [2.24, 2.45) is 0 Å². The molecule has 0 spiro atoms. The molecule has 1 aliphatic heterocycles. The largest absolute Gasteiger partial charge is 0.337 e. The van der Waals surface area contributed by atoms with E-state index in [0.29, 0.717) is 0 Å². The number of imidazole rings is 1. The molecule has 1 aromatic carbocycles. The minimum atomic E-state index is 0.0735. The fraction of sp³-hybridized carbons (Fsp3) is 0.250. The van der Waals surface area contributed by atoms with E-state index in [1.54, 1.807) is 24.9 Å². The lowest BCUT2D eigenvalue weighted by atomic mass is 10.0. The number of nitrogens with one attached hydrogen (secondary N) is 1. The third-order valence-electron chi connectivity index (χ3n) is 5.65. The molecule has 1 unspecified atom stereocenters. The van der Waals surface area contributed by atoms with Crippen molar-refractivity contribution >= 4 is 28.7 Å². The van der Waals surface area contributed by atoms with E-state index < -0.39 is 0 Å². The summed E-state index contributed by atoms with van der Waals surface area (Å²) >= 11 is 1.67. The Morgan fingerprint density at radius 1 is 1.19 bits per heavy atom. The highest BCUT2D eigenvalue weighted by atomic mass is 32.2. The lowest BCUT2D eigenvalue weighted by molar-refractivity contribution is -0.129. The number of rotatable bonds is 4. The number of benzene rings is 1. The maximum absolute atomic E-state index is 12.3. The van der Waals surface area contributed by atoms with Gasteiger partial charge < -0.3 is 9.88 Å². The second-order valence-electron chi connectivity index (χ2n) is 7.82. The first-order chi connectivity index (χ1) is 15.1. The van der Waals surface area contributed by atoms with Gasteiger partial charge in [-0.3, -0.25) is 14.8 Å². The highest BCUT2D eigenvalue weighted by Crippen LogP contribution is 2.41. The minimum Gasteiger partial charge on any atom is -0.337 e. The monoisotopic (exact) mass is 429 g/mol. The third-order valence-corrected chi connectivity index (χ3v) is 6.70. The Labute approximate surface area is 185 Å². The van der Waals surface area contributed by atoms with E-state index in [0.717, 1.165) is 63.0 Å². The molecule has 3 aromatic heterocycles. The van der Waals surface area contributed by atoms with Gasteiger partial charge >= 0.3 is 0 Å². The van der Waals surface area contributed by atoms with Gasteiger partial charge in [0.15, 0.2) is 5.82 Å². The minimum absolute atomic E-state index is 0.0735. The Hall–Kier alpha value is -3.19. The zero-order valence-electron chi connectivity index (χ0n) is 17.5. The molecular formula is C24H23N5OS. The van der Waals surface area contributed by atoms with Crippen molar-refractivity contribution in [1.29, 1.82) is 0 Å². The highest BCUT2D eigenvalue weighted by molar-refractivity contribution is 7.99. The molecule has 1 amide bonds. The first-order valence-electron chi connectivity index (χ1n) is 10.4. The molecule has 31 heavy (non-hydrogen) atoms. The van der Waals surface area contributed by atoms with Gasteiger partial charge in [-0.15, -0.1) is 0 Å². The normalized spacial score (nSPS) is 16.2. The molecular weight excluding hydrogens is 406 g/mol. The summed E-state index contributed by atoms with van der Waals surface area (Å²) in [4.78, 5) is 33.5. The number of hydrogen-bond acceptors (Lipinski definition) is 5. The topological polar surface area (TPSA) is 74.8 Å². The number of pyridine rings is 2. The van der Waals surface area contributed by atoms with Gasteiger partial charge in [-0.1, -0.05) is 17.8 Å². The number of likely N-dealkylation sites (tertiary alicyclic amines) is 1. The molecule has 0 aliphatic carbocycles. The molecule has 4 heterocycles. The van der Waals surface area contributed by atoms with Crippen LogP contribution in [0, 0.1) is 6.92 Å². The summed E-state index contributed by atoms with van der Waals surface area (Å²) < 4.78 is 0. The average Bonchev–Trinajstić information content (AvgIpc) is 3.42. The summed E-state index contributed by atoms with van der Waals surface area (Å²) in [5.74, 6) is 0.866. The van der Waals surface area contributed by atoms with Crippen LogP contribution in [-0.2, 0) is 4.79 Å². The molecule has 1 fully saturated rings. The quantitative estimate of drug-likeness (QED) is 0.485. The molecule has 7 heteroatoms. The van der Waals surface area contributed by atoms with Crippen molar-refractivity contribution in [1.82, 2.24) is 24.8 Å². The Bertz CT molecular complexity index is 1240. The molecule has 0 saturated carbocycles. The third kappa shape index (κ3) is 3.93. The Kier molecular flexibility index (Phi) is 5.19. The van der Waals surface area contributed by atoms with Crippen LogP contribution in [-0.4, -0.2) is 37.3 Å². The van der Waals surface area contributed by atoms with Gasteiger partial charge in [-0.25, -0.2) is 4.98 Å². The highest BCUT2D eigenvalue weighted by Gasteiger charge is 2.30. The van der Waals surface area contributed by atoms with E-state index in [1.165, 1.54) is 0 Å². The van der Waals surface area contributed by atoms with Crippen molar-refractivity contribution < 1.29 is 4.79 Å². The number of carbonyl (C=O) groups excluding carboxylic acids is 1. The van der Waals surface area contributed by atoms with Crippen LogP contribution in [0.2, 0.25) is 0 Å². The van der Waals surface area contributed by atoms with E-state index in [9.17, 15) is 4.79 Å². The van der Waals surface area contributed by atoms with Crippen molar-refractivity contribution in [2.75, 3.05) is 6.54 Å². The summed E-state index contributed by atoms with van der Waals surface area (Å²) in [5, 5.41) is 0. The van der Waals surface area contributed by atoms with Crippen LogP contribution in [0.1, 0.15) is 37.1 Å². The lowest BCUT2D eigenvalue weighted by Crippen LogP contribution is -2.28. The summed E-state index contributed by atoms with van der Waals surface area (Å²) in [6, 6.07) is 14.2. The second kappa shape index (κ2) is 8.15. The summed E-state index contributed by atoms with van der Waals surface area (Å²) in [7, 11) is 0. The predicted octanol–water partition coefficient (Wildman–Crippen LogP) is 5.16. The van der Waals surface area contributed by atoms with Gasteiger partial charge in [0.1, 0.15) is 5.69 Å². The zero-order valence-corrected chi connectivity index (χ0v) is 18.3. The molecule has 1 saturated heterocycles. The molecule has 6 nitrogen and oxygen atoms in total. The number of carbonyl (C=O) groups is 1. The maximum atomic E-state index is 12.3. The van der Waals surface area contributed by atoms with Crippen LogP contribution in [0.15, 0.2) is 64.6 Å². The zero-order chi connectivity index (χ0) is 21.4. The van der Waals surface area contributed by atoms with Crippen molar-refractivity contribution in [3.05, 3.63) is 66.1 Å². The number of aromatic amines is 1. The van der Waals surface area contributed by atoms with Crippen LogP contribution < -0.4 is 0 Å². The molecule has 1 N–H and O–H groups in total. The van der Waals surface area contributed by atoms with Crippen LogP contribution >= 0.6 is 11.8 Å². The Morgan fingerprint density at radius 3 is 2.84 bits per heavy atom. The molecule has 5 rings (SSSR count). The second-order valence-corrected chi connectivity index (χ2v) is 8.93. The van der Waals surface area contributed by atoms with Crippen LogP contribution in [0.3, 0.4) is 0 Å². The van der Waals surface area contributed by atoms with Crippen molar-refractivity contribution in [3.8, 4) is 11.5 Å². The number of fused-ring (bicyclic) bond motifs is 1. The number of amides is 1. The number of nitrogens with zero attached hydrogens (tertiary/aromatic N) is 4. The van der Waals surface area contributed by atoms with E-state index in [2.05, 4.69) is 33.2 Å². The maximum Gasteiger partial charge on any atom is 0.219 e. The van der Waals surface area contributed by atoms with Gasteiger partial charge in [0, 0.05) is 41.3 Å². The van der Waals surface area contributed by atoms with Gasteiger partial charge in [0.2, 0.25) is 5.91 Å². The predicted molar refractivity (Wildman–Crippen MR) is 122 cm³/mol. The Balaban J connectivity index is 1.62. The fourth-order valence-electron chi connectivity index (χ4n) is 4.14. The molecule has 4 aromatic rings. The van der Waals surface area contributed by atoms with Crippen LogP contribution in [0.25, 0.3) is 22.6 Å². The van der Waals surface area contributed by atoms with E-state index in [-0.39, 0.29) is 11.9 Å². The summed E-state index contributed by atoms with van der Waals surface area (Å²) in [6.45, 7) is 4.44. The van der Waals surface area contributed by atoms with Gasteiger partial charge in [0.25, 0.3) is 0 Å². The SMILES string of the molecule is CC(=O)N1CCCC1c1cc2[nH]c(-c3ccccn3)nc2cc1Sc1ccc(C)nc1. The average molecular weight is 430 g/mol. The number of aryl methyl sites for hydroxylation is 1. The molecule has 1 aliphatic rings. The van der Waals surface area contributed by atoms with Crippen LogP contribution in [0.5, 0.6) is 0 Å². The van der Waals surface area contributed by atoms with Gasteiger partial charge in [-0.05, 0) is 61.7 Å². The fourth-order valence-corrected chi connectivity index (χ4v) is 5.11. The summed E-state index contributed by atoms with van der Waals surface area (Å²) in [6.07, 6.45) is 5.64. The Morgan fingerprint density at radius 2 is 2.10 bits per heavy atom. The number of aromatic nitrogens is 4. The van der Waals surface area contributed by atoms with Crippen molar-refractivity contribution in [2.45, 2.75) is 42.5 Å². The van der Waals surface area contributed by atoms with E-state index >= 15 is 0 Å². The smallest absolute Gasteiger partial charge is 0.219 e. The van der Waals surface area contributed by atoms with Crippen molar-refractivity contribution in [3.63, 3.8) is 0 Å². The number of H-pyrrole nitrogens is 1. The van der Waals surface area contributed by atoms with Crippen LogP contribution in [0.4, 0.5) is 0 Å². The standard InChI is InChI=1S/C24H23N5OS/c1-15-8-9-17(14-26-15)31-23-13-21-20(27-24(28-21)19-6-3-4-10-25-19)12-18(23)22-7-5-11-29(22)16(2)30/h3-4,6,8-10,12-14,22H,5,7,11H2,1-2H3,(H,27,28). The molecule has 1 atom stereocenters. The van der Waals surface area contributed by atoms with Gasteiger partial charge in [0.05, 0.1) is 17.1 Å². The molecule has 0 bridgehead atoms. The molecule has 0 radical (unpaired) electrons. The lowest BCUT2D eigenvalue weighted by Gasteiger charge is -2.25. The first-order valence-corrected chi connectivity index (χ1v) is 11.2. The molecule has 156 valence electrons.